The summed E-state index contributed by atoms with van der Waals surface area (Å²) in [6.07, 6.45) is 3.75. The van der Waals surface area contributed by atoms with Crippen LogP contribution < -0.4 is 11.1 Å². The minimum atomic E-state index is 0.0437. The minimum absolute atomic E-state index is 0.0437. The van der Waals surface area contributed by atoms with Gasteiger partial charge in [-0.05, 0) is 51.8 Å². The number of ether oxygens (including phenoxy) is 1. The van der Waals surface area contributed by atoms with Gasteiger partial charge in [-0.3, -0.25) is 0 Å². The van der Waals surface area contributed by atoms with E-state index in [1.54, 1.807) is 4.52 Å². The number of aliphatic hydroxyl groups is 1. The number of imidazole rings is 1. The average molecular weight is 437 g/mol. The molecule has 0 aromatic carbocycles. The number of nitrogen functional groups attached to an aromatic ring is 1. The number of aliphatic hydroxyl groups excluding tert-OH is 1. The first-order chi connectivity index (χ1) is 15.4. The van der Waals surface area contributed by atoms with Crippen molar-refractivity contribution < 1.29 is 9.84 Å². The minimum Gasteiger partial charge on any atom is -0.394 e. The van der Waals surface area contributed by atoms with Crippen molar-refractivity contribution in [2.45, 2.75) is 51.8 Å². The van der Waals surface area contributed by atoms with E-state index in [2.05, 4.69) is 38.8 Å². The summed E-state index contributed by atoms with van der Waals surface area (Å²) in [6.45, 7) is 6.66. The molecule has 10 heteroatoms. The summed E-state index contributed by atoms with van der Waals surface area (Å²) >= 11 is 0. The Morgan fingerprint density at radius 3 is 2.78 bits per heavy atom. The molecule has 1 fully saturated rings. The fraction of sp³-hybridized carbons (Fsp3) is 0.455. The summed E-state index contributed by atoms with van der Waals surface area (Å²) in [5, 5.41) is 16.8. The van der Waals surface area contributed by atoms with E-state index >= 15 is 0 Å². The van der Waals surface area contributed by atoms with Gasteiger partial charge in [-0.25, -0.2) is 14.5 Å². The first kappa shape index (κ1) is 20.7. The molecule has 4 heterocycles. The van der Waals surface area contributed by atoms with Crippen LogP contribution in [0.25, 0.3) is 27.9 Å². The van der Waals surface area contributed by atoms with E-state index in [0.717, 1.165) is 46.6 Å². The highest BCUT2D eigenvalue weighted by Crippen LogP contribution is 2.31. The third kappa shape index (κ3) is 3.55. The van der Waals surface area contributed by atoms with Crippen molar-refractivity contribution >= 4 is 28.4 Å². The van der Waals surface area contributed by atoms with Crippen LogP contribution in [0.5, 0.6) is 0 Å². The summed E-state index contributed by atoms with van der Waals surface area (Å²) in [6, 6.07) is 6.40. The lowest BCUT2D eigenvalue weighted by Gasteiger charge is -2.35. The highest BCUT2D eigenvalue weighted by Gasteiger charge is 2.30. The van der Waals surface area contributed by atoms with Gasteiger partial charge in [0.15, 0.2) is 11.5 Å². The molecule has 0 spiro atoms. The van der Waals surface area contributed by atoms with E-state index in [9.17, 15) is 0 Å². The molecular formula is C22H28N8O2. The van der Waals surface area contributed by atoms with Crippen molar-refractivity contribution in [3.63, 3.8) is 0 Å². The molecule has 32 heavy (non-hydrogen) atoms. The van der Waals surface area contributed by atoms with E-state index in [1.165, 1.54) is 0 Å². The smallest absolute Gasteiger partial charge is 0.243 e. The Kier molecular flexibility index (Phi) is 5.18. The second-order valence-electron chi connectivity index (χ2n) is 8.53. The number of pyridine rings is 1. The van der Waals surface area contributed by atoms with Gasteiger partial charge >= 0.3 is 0 Å². The molecule has 0 aliphatic heterocycles. The topological polar surface area (TPSA) is 128 Å². The molecule has 0 radical (unpaired) electrons. The van der Waals surface area contributed by atoms with Gasteiger partial charge < -0.3 is 25.5 Å². The van der Waals surface area contributed by atoms with Gasteiger partial charge in [0, 0.05) is 23.8 Å². The van der Waals surface area contributed by atoms with E-state index in [0.29, 0.717) is 18.4 Å². The molecule has 0 amide bonds. The fourth-order valence-electron chi connectivity index (χ4n) is 4.40. The Bertz CT molecular complexity index is 1270. The van der Waals surface area contributed by atoms with Gasteiger partial charge in [-0.15, -0.1) is 5.10 Å². The Hall–Kier alpha value is -3.24. The van der Waals surface area contributed by atoms with Crippen molar-refractivity contribution in [1.82, 2.24) is 29.1 Å². The molecular weight excluding hydrogens is 408 g/mol. The third-order valence-electron chi connectivity index (χ3n) is 5.92. The molecule has 0 saturated heterocycles. The quantitative estimate of drug-likeness (QED) is 0.403. The number of hydrogen-bond acceptors (Lipinski definition) is 8. The molecule has 0 atom stereocenters. The number of anilines is 2. The largest absolute Gasteiger partial charge is 0.394 e. The zero-order valence-electron chi connectivity index (χ0n) is 18.5. The van der Waals surface area contributed by atoms with Crippen LogP contribution in [0.2, 0.25) is 0 Å². The molecule has 168 valence electrons. The number of nitrogens with two attached hydrogens (primary N) is 1. The number of nitrogens with zero attached hydrogens (tertiary/aromatic N) is 6. The Morgan fingerprint density at radius 1 is 1.22 bits per heavy atom. The van der Waals surface area contributed by atoms with Crippen molar-refractivity contribution in [3.8, 4) is 11.3 Å². The van der Waals surface area contributed by atoms with E-state index < -0.39 is 0 Å². The molecule has 5 rings (SSSR count). The lowest BCUT2D eigenvalue weighted by Crippen LogP contribution is -2.41. The lowest BCUT2D eigenvalue weighted by molar-refractivity contribution is -0.0196. The van der Waals surface area contributed by atoms with Gasteiger partial charge in [0.2, 0.25) is 5.95 Å². The number of nitrogens with one attached hydrogen (secondary N) is 1. The normalized spacial score (nSPS) is 18.5. The first-order valence-corrected chi connectivity index (χ1v) is 10.9. The molecule has 4 aromatic rings. The van der Waals surface area contributed by atoms with Gasteiger partial charge in [-0.1, -0.05) is 0 Å². The van der Waals surface area contributed by atoms with Gasteiger partial charge in [0.1, 0.15) is 16.9 Å². The molecule has 4 N–H and O–H groups in total. The third-order valence-corrected chi connectivity index (χ3v) is 5.92. The Balaban J connectivity index is 1.43. The number of rotatable bonds is 7. The van der Waals surface area contributed by atoms with E-state index in [4.69, 9.17) is 20.6 Å². The predicted molar refractivity (Wildman–Crippen MR) is 123 cm³/mol. The summed E-state index contributed by atoms with van der Waals surface area (Å²) in [5.41, 5.74) is 10.5. The lowest BCUT2D eigenvalue weighted by atomic mass is 9.89. The highest BCUT2D eigenvalue weighted by molar-refractivity contribution is 5.88. The fourth-order valence-corrected chi connectivity index (χ4v) is 4.40. The van der Waals surface area contributed by atoms with Crippen LogP contribution in [0.1, 0.15) is 38.6 Å². The van der Waals surface area contributed by atoms with Gasteiger partial charge in [0.25, 0.3) is 0 Å². The Morgan fingerprint density at radius 2 is 2.03 bits per heavy atom. The highest BCUT2D eigenvalue weighted by atomic mass is 16.5. The number of hydrogen-bond donors (Lipinski definition) is 3. The van der Waals surface area contributed by atoms with Crippen molar-refractivity contribution in [3.05, 3.63) is 30.2 Å². The Labute approximate surface area is 185 Å². The van der Waals surface area contributed by atoms with Crippen LogP contribution in [-0.2, 0) is 4.74 Å². The maximum absolute atomic E-state index is 8.86. The second-order valence-corrected chi connectivity index (χ2v) is 8.53. The summed E-state index contributed by atoms with van der Waals surface area (Å²) in [7, 11) is 0. The van der Waals surface area contributed by atoms with Crippen molar-refractivity contribution in [1.29, 1.82) is 0 Å². The maximum atomic E-state index is 8.86. The number of aromatic nitrogens is 6. The van der Waals surface area contributed by atoms with Crippen LogP contribution in [0.15, 0.2) is 24.4 Å². The molecule has 0 bridgehead atoms. The predicted octanol–water partition coefficient (Wildman–Crippen LogP) is 2.56. The van der Waals surface area contributed by atoms with Gasteiger partial charge in [-0.2, -0.15) is 4.98 Å². The standard InChI is InChI=1S/C22H28N8O2/c1-12(2)30-13(3)24-18-5-4-17(26-21(18)30)16-6-7-29-19(16)20(23)27-22(28-29)25-14-10-15(11-14)32-9-8-31/h4-7,12,14-15,31H,8-11H2,1-3H3,(H3,23,25,27,28). The maximum Gasteiger partial charge on any atom is 0.243 e. The summed E-state index contributed by atoms with van der Waals surface area (Å²) in [5.74, 6) is 1.82. The monoisotopic (exact) mass is 436 g/mol. The molecule has 1 saturated carbocycles. The van der Waals surface area contributed by atoms with Crippen LogP contribution in [0, 0.1) is 6.92 Å². The van der Waals surface area contributed by atoms with Gasteiger partial charge in [0.05, 0.1) is 25.0 Å². The molecule has 1 aliphatic carbocycles. The molecule has 4 aromatic heterocycles. The summed E-state index contributed by atoms with van der Waals surface area (Å²) in [4.78, 5) is 14.0. The SMILES string of the molecule is Cc1nc2ccc(-c3ccn4nc(NC5CC(OCCO)C5)nc(N)c34)nc2n1C(C)C. The number of aryl methyl sites for hydroxylation is 1. The van der Waals surface area contributed by atoms with Crippen LogP contribution in [-0.4, -0.2) is 59.6 Å². The first-order valence-electron chi connectivity index (χ1n) is 10.9. The summed E-state index contributed by atoms with van der Waals surface area (Å²) < 4.78 is 9.40. The van der Waals surface area contributed by atoms with Crippen LogP contribution in [0.3, 0.4) is 0 Å². The molecule has 10 nitrogen and oxygen atoms in total. The average Bonchev–Trinajstić information content (AvgIpc) is 3.29. The number of fused-ring (bicyclic) bond motifs is 2. The van der Waals surface area contributed by atoms with Crippen LogP contribution >= 0.6 is 0 Å². The zero-order valence-corrected chi connectivity index (χ0v) is 18.5. The van der Waals surface area contributed by atoms with Crippen molar-refractivity contribution in [2.75, 3.05) is 24.3 Å². The van der Waals surface area contributed by atoms with Crippen molar-refractivity contribution in [2.24, 2.45) is 0 Å². The molecule has 0 unspecified atom stereocenters. The molecule has 1 aliphatic rings. The van der Waals surface area contributed by atoms with E-state index in [1.807, 2.05) is 31.3 Å². The zero-order chi connectivity index (χ0) is 22.4. The van der Waals surface area contributed by atoms with E-state index in [-0.39, 0.29) is 24.8 Å². The van der Waals surface area contributed by atoms with Crippen LogP contribution in [0.4, 0.5) is 11.8 Å². The second kappa shape index (κ2) is 8.03.